The number of carbonyl (C=O) groups excluding carboxylic acids is 2. The molecule has 3 aromatic rings. The van der Waals surface area contributed by atoms with Crippen molar-refractivity contribution < 1.29 is 14.3 Å². The Morgan fingerprint density at radius 2 is 1.76 bits per heavy atom. The number of aryl methyl sites for hydroxylation is 1. The molecule has 0 saturated carbocycles. The molecule has 1 aromatic heterocycles. The number of pyridine rings is 1. The number of nitrogens with one attached hydrogen (secondary N) is 1. The van der Waals surface area contributed by atoms with Crippen LogP contribution in [0.1, 0.15) is 58.6 Å². The smallest absolute Gasteiger partial charge is 0.253 e. The van der Waals surface area contributed by atoms with Crippen LogP contribution >= 0.6 is 11.8 Å². The van der Waals surface area contributed by atoms with Crippen molar-refractivity contribution in [3.63, 3.8) is 0 Å². The summed E-state index contributed by atoms with van der Waals surface area (Å²) in [4.78, 5) is 32.7. The zero-order chi connectivity index (χ0) is 26.0. The summed E-state index contributed by atoms with van der Waals surface area (Å²) in [6.07, 6.45) is 1.61. The third-order valence-corrected chi connectivity index (χ3v) is 7.58. The number of benzene rings is 2. The van der Waals surface area contributed by atoms with Crippen molar-refractivity contribution in [3.8, 4) is 5.75 Å². The molecule has 6 nitrogen and oxygen atoms in total. The molecule has 2 aromatic carbocycles. The number of carbonyl (C=O) groups is 2. The molecule has 0 radical (unpaired) electrons. The fourth-order valence-corrected chi connectivity index (χ4v) is 5.51. The molecule has 1 saturated heterocycles. The van der Waals surface area contributed by atoms with Crippen LogP contribution in [0.3, 0.4) is 0 Å². The van der Waals surface area contributed by atoms with E-state index in [1.54, 1.807) is 11.8 Å². The van der Waals surface area contributed by atoms with E-state index in [9.17, 15) is 9.59 Å². The lowest BCUT2D eigenvalue weighted by molar-refractivity contribution is -0.129. The van der Waals surface area contributed by atoms with Gasteiger partial charge in [-0.2, -0.15) is 0 Å². The van der Waals surface area contributed by atoms with Crippen molar-refractivity contribution in [2.45, 2.75) is 44.9 Å². The molecule has 2 heterocycles. The summed E-state index contributed by atoms with van der Waals surface area (Å²) in [5.74, 6) is 2.30. The van der Waals surface area contributed by atoms with Gasteiger partial charge >= 0.3 is 0 Å². The predicted molar refractivity (Wildman–Crippen MR) is 149 cm³/mol. The highest BCUT2D eigenvalue weighted by atomic mass is 32.2. The van der Waals surface area contributed by atoms with Gasteiger partial charge in [-0.1, -0.05) is 48.5 Å². The molecular formula is C30H35N3O3S. The number of amides is 2. The Balaban J connectivity index is 1.34. The van der Waals surface area contributed by atoms with Crippen molar-refractivity contribution in [2.24, 2.45) is 0 Å². The Labute approximate surface area is 223 Å². The van der Waals surface area contributed by atoms with E-state index in [1.165, 1.54) is 5.56 Å². The monoisotopic (exact) mass is 517 g/mol. The minimum Gasteiger partial charge on any atom is -0.494 e. The first kappa shape index (κ1) is 26.7. The largest absolute Gasteiger partial charge is 0.494 e. The lowest BCUT2D eigenvalue weighted by Crippen LogP contribution is -2.39. The Morgan fingerprint density at radius 1 is 1.03 bits per heavy atom. The highest BCUT2D eigenvalue weighted by Crippen LogP contribution is 2.30. The van der Waals surface area contributed by atoms with Gasteiger partial charge in [-0.05, 0) is 50.5 Å². The van der Waals surface area contributed by atoms with Crippen molar-refractivity contribution in [3.05, 3.63) is 94.8 Å². The van der Waals surface area contributed by atoms with Crippen LogP contribution in [0.5, 0.6) is 5.75 Å². The zero-order valence-electron chi connectivity index (χ0n) is 21.6. The van der Waals surface area contributed by atoms with Crippen LogP contribution in [0, 0.1) is 6.92 Å². The standard InChI is InChI=1S/C30H35N3O3S/c1-3-36-27-12-8-7-11-25(27)19-31-30(35)26-14-13-22(2)32-29(26)24-15-17-33(18-16-24)28(34)21-37-20-23-9-5-4-6-10-23/h4-14,24H,3,15-21H2,1-2H3,(H,31,35). The molecule has 37 heavy (non-hydrogen) atoms. The molecule has 0 bridgehead atoms. The molecule has 0 spiro atoms. The molecule has 0 atom stereocenters. The lowest BCUT2D eigenvalue weighted by Gasteiger charge is -2.32. The van der Waals surface area contributed by atoms with Crippen LogP contribution in [0.25, 0.3) is 0 Å². The topological polar surface area (TPSA) is 71.5 Å². The number of thioether (sulfide) groups is 1. The first-order valence-corrected chi connectivity index (χ1v) is 14.1. The maximum absolute atomic E-state index is 13.2. The highest BCUT2D eigenvalue weighted by molar-refractivity contribution is 7.99. The lowest BCUT2D eigenvalue weighted by atomic mass is 9.89. The number of para-hydroxylation sites is 1. The highest BCUT2D eigenvalue weighted by Gasteiger charge is 2.28. The van der Waals surface area contributed by atoms with Crippen LogP contribution < -0.4 is 10.1 Å². The molecule has 0 aliphatic carbocycles. The third-order valence-electron chi connectivity index (χ3n) is 6.59. The Morgan fingerprint density at radius 3 is 2.51 bits per heavy atom. The van der Waals surface area contributed by atoms with E-state index in [0.29, 0.717) is 37.6 Å². The number of piperidine rings is 1. The molecule has 1 aliphatic heterocycles. The zero-order valence-corrected chi connectivity index (χ0v) is 22.4. The molecule has 0 unspecified atom stereocenters. The number of ether oxygens (including phenoxy) is 1. The summed E-state index contributed by atoms with van der Waals surface area (Å²) < 4.78 is 5.69. The summed E-state index contributed by atoms with van der Waals surface area (Å²) in [6, 6.07) is 21.7. The number of hydrogen-bond donors (Lipinski definition) is 1. The fraction of sp³-hybridized carbons (Fsp3) is 0.367. The quantitative estimate of drug-likeness (QED) is 0.392. The van der Waals surface area contributed by atoms with Crippen LogP contribution in [0.4, 0.5) is 0 Å². The molecule has 1 N–H and O–H groups in total. The second kappa shape index (κ2) is 13.3. The van der Waals surface area contributed by atoms with Crippen LogP contribution in [-0.4, -0.2) is 47.1 Å². The van der Waals surface area contributed by atoms with E-state index in [-0.39, 0.29) is 17.7 Å². The van der Waals surface area contributed by atoms with Gasteiger partial charge < -0.3 is 15.0 Å². The number of hydrogen-bond acceptors (Lipinski definition) is 5. The third kappa shape index (κ3) is 7.35. The summed E-state index contributed by atoms with van der Waals surface area (Å²) in [5, 5.41) is 3.05. The second-order valence-corrected chi connectivity index (χ2v) is 10.2. The summed E-state index contributed by atoms with van der Waals surface area (Å²) in [7, 11) is 0. The molecule has 4 rings (SSSR count). The van der Waals surface area contributed by atoms with E-state index < -0.39 is 0 Å². The van der Waals surface area contributed by atoms with Crippen LogP contribution in [0.2, 0.25) is 0 Å². The maximum atomic E-state index is 13.2. The van der Waals surface area contributed by atoms with Gasteiger partial charge in [0.15, 0.2) is 0 Å². The number of rotatable bonds is 10. The van der Waals surface area contributed by atoms with Crippen molar-refractivity contribution in [1.82, 2.24) is 15.2 Å². The van der Waals surface area contributed by atoms with Gasteiger partial charge in [0.2, 0.25) is 5.91 Å². The van der Waals surface area contributed by atoms with Crippen molar-refractivity contribution in [1.29, 1.82) is 0 Å². The number of nitrogens with zero attached hydrogens (tertiary/aromatic N) is 2. The van der Waals surface area contributed by atoms with Gasteiger partial charge in [-0.3, -0.25) is 14.6 Å². The average molecular weight is 518 g/mol. The van der Waals surface area contributed by atoms with Crippen molar-refractivity contribution >= 4 is 23.6 Å². The van der Waals surface area contributed by atoms with Gasteiger partial charge in [-0.25, -0.2) is 0 Å². The van der Waals surface area contributed by atoms with E-state index in [1.807, 2.05) is 73.3 Å². The summed E-state index contributed by atoms with van der Waals surface area (Å²) >= 11 is 1.66. The SMILES string of the molecule is CCOc1ccccc1CNC(=O)c1ccc(C)nc1C1CCN(C(=O)CSCc2ccccc2)CC1. The Bertz CT molecular complexity index is 1190. The average Bonchev–Trinajstić information content (AvgIpc) is 2.93. The van der Waals surface area contributed by atoms with E-state index >= 15 is 0 Å². The Kier molecular flexibility index (Phi) is 9.60. The van der Waals surface area contributed by atoms with Gasteiger partial charge in [0, 0.05) is 42.6 Å². The second-order valence-electron chi connectivity index (χ2n) is 9.24. The minimum absolute atomic E-state index is 0.135. The molecular weight excluding hydrogens is 482 g/mol. The van der Waals surface area contributed by atoms with E-state index in [0.717, 1.165) is 41.3 Å². The van der Waals surface area contributed by atoms with E-state index in [2.05, 4.69) is 17.4 Å². The summed E-state index contributed by atoms with van der Waals surface area (Å²) in [6.45, 7) is 6.23. The van der Waals surface area contributed by atoms with Crippen LogP contribution in [0.15, 0.2) is 66.7 Å². The first-order valence-electron chi connectivity index (χ1n) is 12.9. The van der Waals surface area contributed by atoms with E-state index in [4.69, 9.17) is 9.72 Å². The fourth-order valence-electron chi connectivity index (χ4n) is 4.62. The number of aromatic nitrogens is 1. The normalized spacial score (nSPS) is 13.8. The minimum atomic E-state index is -0.135. The Hall–Kier alpha value is -3.32. The molecule has 1 fully saturated rings. The summed E-state index contributed by atoms with van der Waals surface area (Å²) in [5.41, 5.74) is 4.51. The molecule has 7 heteroatoms. The first-order chi connectivity index (χ1) is 18.0. The van der Waals surface area contributed by atoms with Gasteiger partial charge in [-0.15, -0.1) is 11.8 Å². The van der Waals surface area contributed by atoms with Gasteiger partial charge in [0.05, 0.1) is 23.6 Å². The van der Waals surface area contributed by atoms with Gasteiger partial charge in [0.25, 0.3) is 5.91 Å². The van der Waals surface area contributed by atoms with Gasteiger partial charge in [0.1, 0.15) is 5.75 Å². The van der Waals surface area contributed by atoms with Crippen molar-refractivity contribution in [2.75, 3.05) is 25.4 Å². The number of likely N-dealkylation sites (tertiary alicyclic amines) is 1. The molecule has 1 aliphatic rings. The molecule has 194 valence electrons. The predicted octanol–water partition coefficient (Wildman–Crippen LogP) is 5.36. The maximum Gasteiger partial charge on any atom is 0.253 e. The van der Waals surface area contributed by atoms with Crippen LogP contribution in [-0.2, 0) is 17.1 Å². The molecule has 2 amide bonds.